The molecule has 3 N–H and O–H groups in total. The summed E-state index contributed by atoms with van der Waals surface area (Å²) >= 11 is 1.42. The molecule has 2 heterocycles. The van der Waals surface area contributed by atoms with Crippen molar-refractivity contribution in [2.75, 3.05) is 29.5 Å². The number of carbonyl (C=O) groups excluding carboxylic acids is 2. The average Bonchev–Trinajstić information content (AvgIpc) is 3.18. The number of hydrogen-bond acceptors (Lipinski definition) is 4. The Bertz CT molecular complexity index is 706. The predicted octanol–water partition coefficient (Wildman–Crippen LogP) is 1.05. The SMILES string of the molecule is O=C(NC1(C(=O)O)CCSC1)c1cc(N2CCNC2=O)ccc1F. The van der Waals surface area contributed by atoms with Gasteiger partial charge in [0.1, 0.15) is 11.4 Å². The molecule has 0 aromatic heterocycles. The molecule has 128 valence electrons. The first kappa shape index (κ1) is 16.6. The number of thioether (sulfide) groups is 1. The molecule has 1 atom stereocenters. The maximum absolute atomic E-state index is 14.1. The first-order valence-corrected chi connectivity index (χ1v) is 8.57. The van der Waals surface area contributed by atoms with Gasteiger partial charge in [0.25, 0.3) is 5.91 Å². The highest BCUT2D eigenvalue weighted by molar-refractivity contribution is 7.99. The van der Waals surface area contributed by atoms with Crippen LogP contribution in [0.4, 0.5) is 14.9 Å². The summed E-state index contributed by atoms with van der Waals surface area (Å²) < 4.78 is 14.1. The second-order valence-electron chi connectivity index (χ2n) is 5.69. The Balaban J connectivity index is 1.86. The van der Waals surface area contributed by atoms with Gasteiger partial charge in [0.05, 0.1) is 5.56 Å². The van der Waals surface area contributed by atoms with Crippen molar-refractivity contribution in [3.8, 4) is 0 Å². The van der Waals surface area contributed by atoms with Gasteiger partial charge >= 0.3 is 12.0 Å². The Morgan fingerprint density at radius 3 is 2.79 bits per heavy atom. The van der Waals surface area contributed by atoms with Gasteiger partial charge in [-0.05, 0) is 30.4 Å². The first-order chi connectivity index (χ1) is 11.4. The average molecular weight is 353 g/mol. The number of aliphatic carboxylic acids is 1. The molecular formula is C15H16FN3O4S. The highest BCUT2D eigenvalue weighted by Gasteiger charge is 2.43. The first-order valence-electron chi connectivity index (χ1n) is 7.41. The Hall–Kier alpha value is -2.29. The molecule has 2 saturated heterocycles. The zero-order valence-corrected chi connectivity index (χ0v) is 13.5. The van der Waals surface area contributed by atoms with Crippen LogP contribution in [0.2, 0.25) is 0 Å². The third-order valence-electron chi connectivity index (χ3n) is 4.15. The van der Waals surface area contributed by atoms with Crippen molar-refractivity contribution in [1.29, 1.82) is 0 Å². The van der Waals surface area contributed by atoms with Gasteiger partial charge in [-0.1, -0.05) is 0 Å². The number of nitrogens with one attached hydrogen (secondary N) is 2. The molecule has 2 aliphatic rings. The van der Waals surface area contributed by atoms with E-state index in [0.29, 0.717) is 24.5 Å². The molecule has 1 unspecified atom stereocenters. The van der Waals surface area contributed by atoms with Crippen molar-refractivity contribution >= 4 is 35.4 Å². The van der Waals surface area contributed by atoms with E-state index in [9.17, 15) is 23.9 Å². The van der Waals surface area contributed by atoms with Gasteiger partial charge in [-0.3, -0.25) is 9.69 Å². The Kier molecular flexibility index (Phi) is 4.35. The smallest absolute Gasteiger partial charge is 0.330 e. The summed E-state index contributed by atoms with van der Waals surface area (Å²) in [5, 5.41) is 14.5. The Labute approximate surface area is 141 Å². The summed E-state index contributed by atoms with van der Waals surface area (Å²) in [6.07, 6.45) is 0.286. The summed E-state index contributed by atoms with van der Waals surface area (Å²) in [5.41, 5.74) is -1.26. The number of rotatable bonds is 4. The van der Waals surface area contributed by atoms with Crippen molar-refractivity contribution in [3.05, 3.63) is 29.6 Å². The van der Waals surface area contributed by atoms with Crippen LogP contribution in [0.25, 0.3) is 0 Å². The molecule has 0 spiro atoms. The number of carboxylic acids is 1. The zero-order chi connectivity index (χ0) is 17.3. The maximum atomic E-state index is 14.1. The number of carbonyl (C=O) groups is 3. The normalized spacial score (nSPS) is 23.2. The number of hydrogen-bond donors (Lipinski definition) is 3. The van der Waals surface area contributed by atoms with Crippen molar-refractivity contribution < 1.29 is 23.9 Å². The van der Waals surface area contributed by atoms with Crippen LogP contribution in [0.5, 0.6) is 0 Å². The molecule has 1 aromatic carbocycles. The van der Waals surface area contributed by atoms with E-state index in [1.165, 1.54) is 28.8 Å². The zero-order valence-electron chi connectivity index (χ0n) is 12.7. The summed E-state index contributed by atoms with van der Waals surface area (Å²) in [5.74, 6) is -1.83. The number of amides is 3. The van der Waals surface area contributed by atoms with Crippen LogP contribution in [-0.4, -0.2) is 53.1 Å². The van der Waals surface area contributed by atoms with Crippen molar-refractivity contribution in [2.24, 2.45) is 0 Å². The second-order valence-corrected chi connectivity index (χ2v) is 6.80. The van der Waals surface area contributed by atoms with E-state index in [1.807, 2.05) is 0 Å². The third kappa shape index (κ3) is 2.91. The predicted molar refractivity (Wildman–Crippen MR) is 86.9 cm³/mol. The van der Waals surface area contributed by atoms with Gasteiger partial charge in [-0.25, -0.2) is 14.0 Å². The molecule has 1 aromatic rings. The highest BCUT2D eigenvalue weighted by Crippen LogP contribution is 2.29. The van der Waals surface area contributed by atoms with E-state index in [4.69, 9.17) is 0 Å². The molecule has 0 aliphatic carbocycles. The minimum Gasteiger partial charge on any atom is -0.479 e. The van der Waals surface area contributed by atoms with Crippen LogP contribution in [0.3, 0.4) is 0 Å². The lowest BCUT2D eigenvalue weighted by Gasteiger charge is -2.25. The number of anilines is 1. The number of carboxylic acid groups (broad SMARTS) is 1. The van der Waals surface area contributed by atoms with Gasteiger partial charge in [0.15, 0.2) is 0 Å². The summed E-state index contributed by atoms with van der Waals surface area (Å²) in [6, 6.07) is 3.47. The van der Waals surface area contributed by atoms with E-state index >= 15 is 0 Å². The number of halogens is 1. The molecule has 2 aliphatic heterocycles. The van der Waals surface area contributed by atoms with Crippen molar-refractivity contribution in [2.45, 2.75) is 12.0 Å². The van der Waals surface area contributed by atoms with E-state index in [1.54, 1.807) is 0 Å². The maximum Gasteiger partial charge on any atom is 0.330 e. The summed E-state index contributed by atoms with van der Waals surface area (Å²) in [6.45, 7) is 0.887. The topological polar surface area (TPSA) is 98.7 Å². The van der Waals surface area contributed by atoms with Gasteiger partial charge in [0.2, 0.25) is 0 Å². The number of nitrogens with zero attached hydrogens (tertiary/aromatic N) is 1. The van der Waals surface area contributed by atoms with Gasteiger partial charge < -0.3 is 15.7 Å². The number of urea groups is 1. The Morgan fingerprint density at radius 1 is 1.42 bits per heavy atom. The lowest BCUT2D eigenvalue weighted by Crippen LogP contribution is -2.54. The molecule has 0 radical (unpaired) electrons. The monoisotopic (exact) mass is 353 g/mol. The van der Waals surface area contributed by atoms with Crippen LogP contribution in [0.15, 0.2) is 18.2 Å². The second kappa shape index (κ2) is 6.31. The van der Waals surface area contributed by atoms with Crippen LogP contribution >= 0.6 is 11.8 Å². The largest absolute Gasteiger partial charge is 0.479 e. The van der Waals surface area contributed by atoms with Crippen molar-refractivity contribution in [3.63, 3.8) is 0 Å². The lowest BCUT2D eigenvalue weighted by molar-refractivity contribution is -0.143. The van der Waals surface area contributed by atoms with Crippen LogP contribution in [-0.2, 0) is 4.79 Å². The fraction of sp³-hybridized carbons (Fsp3) is 0.400. The van der Waals surface area contributed by atoms with Crippen LogP contribution < -0.4 is 15.5 Å². The molecule has 0 bridgehead atoms. The van der Waals surface area contributed by atoms with Crippen LogP contribution in [0, 0.1) is 5.82 Å². The molecule has 3 rings (SSSR count). The molecule has 2 fully saturated rings. The quantitative estimate of drug-likeness (QED) is 0.751. The minimum absolute atomic E-state index is 0.240. The fourth-order valence-electron chi connectivity index (χ4n) is 2.74. The molecule has 24 heavy (non-hydrogen) atoms. The lowest BCUT2D eigenvalue weighted by atomic mass is 9.98. The van der Waals surface area contributed by atoms with E-state index in [-0.39, 0.29) is 23.8 Å². The van der Waals surface area contributed by atoms with Crippen LogP contribution in [0.1, 0.15) is 16.8 Å². The Morgan fingerprint density at radius 2 is 2.21 bits per heavy atom. The fourth-order valence-corrected chi connectivity index (χ4v) is 4.07. The van der Waals surface area contributed by atoms with E-state index in [0.717, 1.165) is 6.07 Å². The summed E-state index contributed by atoms with van der Waals surface area (Å²) in [4.78, 5) is 37.0. The molecule has 3 amide bonds. The highest BCUT2D eigenvalue weighted by atomic mass is 32.2. The third-order valence-corrected chi connectivity index (χ3v) is 5.34. The molecular weight excluding hydrogens is 337 g/mol. The summed E-state index contributed by atoms with van der Waals surface area (Å²) in [7, 11) is 0. The van der Waals surface area contributed by atoms with E-state index in [2.05, 4.69) is 10.6 Å². The number of benzene rings is 1. The molecule has 9 heteroatoms. The molecule has 0 saturated carbocycles. The van der Waals surface area contributed by atoms with Gasteiger partial charge in [-0.2, -0.15) is 11.8 Å². The standard InChI is InChI=1S/C15H16FN3O4S/c16-11-2-1-9(19-5-4-17-14(19)23)7-10(11)12(20)18-15(13(21)22)3-6-24-8-15/h1-2,7H,3-6,8H2,(H,17,23)(H,18,20)(H,21,22). The van der Waals surface area contributed by atoms with E-state index < -0.39 is 23.2 Å². The van der Waals surface area contributed by atoms with Crippen molar-refractivity contribution in [1.82, 2.24) is 10.6 Å². The molecule has 7 nitrogen and oxygen atoms in total. The minimum atomic E-state index is -1.38. The van der Waals surface area contributed by atoms with Gasteiger partial charge in [-0.15, -0.1) is 0 Å². The van der Waals surface area contributed by atoms with Gasteiger partial charge in [0, 0.05) is 24.5 Å².